The number of rotatable bonds is 8. The third kappa shape index (κ3) is 3.99. The summed E-state index contributed by atoms with van der Waals surface area (Å²) in [6.45, 7) is 1.20. The molecule has 2 aromatic rings. The number of nitrogens with one attached hydrogen (secondary N) is 1. The monoisotopic (exact) mass is 303 g/mol. The van der Waals surface area contributed by atoms with Gasteiger partial charge in [0.25, 0.3) is 0 Å². The first-order valence-electron chi connectivity index (χ1n) is 7.38. The largest absolute Gasteiger partial charge is 0.491 e. The lowest BCUT2D eigenvalue weighted by atomic mass is 10.1. The molecule has 1 saturated carbocycles. The van der Waals surface area contributed by atoms with Crippen LogP contribution in [0.2, 0.25) is 0 Å². The molecular formula is C17H21NO2S. The van der Waals surface area contributed by atoms with Gasteiger partial charge in [0.05, 0.1) is 12.6 Å². The molecule has 112 valence electrons. The summed E-state index contributed by atoms with van der Waals surface area (Å²) >= 11 is 1.83. The van der Waals surface area contributed by atoms with Gasteiger partial charge in [0.1, 0.15) is 12.4 Å². The molecule has 0 radical (unpaired) electrons. The fraction of sp³-hybridized carbons (Fsp3) is 0.412. The first-order valence-corrected chi connectivity index (χ1v) is 8.26. The maximum Gasteiger partial charge on any atom is 0.119 e. The fourth-order valence-corrected chi connectivity index (χ4v) is 3.26. The van der Waals surface area contributed by atoms with E-state index in [1.807, 2.05) is 23.5 Å². The minimum atomic E-state index is 0.449. The molecule has 0 spiro atoms. The summed E-state index contributed by atoms with van der Waals surface area (Å²) in [4.78, 5) is 1.43. The maximum absolute atomic E-state index is 5.59. The Morgan fingerprint density at radius 2 is 2.00 bits per heavy atom. The highest BCUT2D eigenvalue weighted by Gasteiger charge is 2.32. The van der Waals surface area contributed by atoms with Gasteiger partial charge in [0, 0.05) is 17.7 Å². The number of hydrogen-bond donors (Lipinski definition) is 1. The number of thiophene rings is 1. The first-order chi connectivity index (χ1) is 10.4. The lowest BCUT2D eigenvalue weighted by Crippen LogP contribution is -2.11. The molecule has 21 heavy (non-hydrogen) atoms. The molecule has 1 aliphatic carbocycles. The Hall–Kier alpha value is -1.52. The summed E-state index contributed by atoms with van der Waals surface area (Å²) in [5, 5.41) is 5.82. The van der Waals surface area contributed by atoms with Gasteiger partial charge in [-0.25, -0.2) is 0 Å². The van der Waals surface area contributed by atoms with E-state index in [2.05, 4.69) is 35.0 Å². The molecule has 1 heterocycles. The zero-order valence-corrected chi connectivity index (χ0v) is 13.1. The lowest BCUT2D eigenvalue weighted by molar-refractivity contribution is 0.146. The van der Waals surface area contributed by atoms with Crippen molar-refractivity contribution in [1.82, 2.24) is 0 Å². The number of methoxy groups -OCH3 is 1. The van der Waals surface area contributed by atoms with Crippen LogP contribution >= 0.6 is 11.3 Å². The second kappa shape index (κ2) is 6.96. The summed E-state index contributed by atoms with van der Waals surface area (Å²) < 4.78 is 10.6. The third-order valence-electron chi connectivity index (χ3n) is 3.68. The Bertz CT molecular complexity index is 534. The molecule has 1 unspecified atom stereocenters. The standard InChI is InChI=1S/C17H21NO2S/c1-19-10-11-20-15-8-6-14(7-9-15)18-17(13-4-5-13)16-3-2-12-21-16/h2-3,6-9,12-13,17-18H,4-5,10-11H2,1H3. The highest BCUT2D eigenvalue weighted by molar-refractivity contribution is 7.10. The van der Waals surface area contributed by atoms with Crippen molar-refractivity contribution in [2.24, 2.45) is 5.92 Å². The Labute approximate surface area is 129 Å². The summed E-state index contributed by atoms with van der Waals surface area (Å²) in [7, 11) is 1.68. The molecular weight excluding hydrogens is 282 g/mol. The number of hydrogen-bond acceptors (Lipinski definition) is 4. The maximum atomic E-state index is 5.59. The van der Waals surface area contributed by atoms with E-state index >= 15 is 0 Å². The smallest absolute Gasteiger partial charge is 0.119 e. The second-order valence-electron chi connectivity index (χ2n) is 5.34. The Kier molecular flexibility index (Phi) is 4.78. The van der Waals surface area contributed by atoms with E-state index in [4.69, 9.17) is 9.47 Å². The highest BCUT2D eigenvalue weighted by atomic mass is 32.1. The van der Waals surface area contributed by atoms with E-state index in [0.29, 0.717) is 19.3 Å². The van der Waals surface area contributed by atoms with Crippen LogP contribution < -0.4 is 10.1 Å². The minimum absolute atomic E-state index is 0.449. The molecule has 0 amide bonds. The summed E-state index contributed by atoms with van der Waals surface area (Å²) in [5.74, 6) is 1.66. The number of anilines is 1. The van der Waals surface area contributed by atoms with Crippen LogP contribution in [0, 0.1) is 5.92 Å². The van der Waals surface area contributed by atoms with E-state index in [0.717, 1.165) is 17.4 Å². The third-order valence-corrected chi connectivity index (χ3v) is 4.63. The molecule has 1 atom stereocenters. The Morgan fingerprint density at radius 3 is 2.62 bits per heavy atom. The number of ether oxygens (including phenoxy) is 2. The zero-order chi connectivity index (χ0) is 14.5. The van der Waals surface area contributed by atoms with Crippen molar-refractivity contribution >= 4 is 17.0 Å². The van der Waals surface area contributed by atoms with Gasteiger partial charge in [0.15, 0.2) is 0 Å². The van der Waals surface area contributed by atoms with Crippen LogP contribution in [0.25, 0.3) is 0 Å². The zero-order valence-electron chi connectivity index (χ0n) is 12.2. The van der Waals surface area contributed by atoms with Gasteiger partial charge in [-0.1, -0.05) is 6.07 Å². The van der Waals surface area contributed by atoms with Crippen LogP contribution in [0.5, 0.6) is 5.75 Å². The van der Waals surface area contributed by atoms with Gasteiger partial charge in [-0.15, -0.1) is 11.3 Å². The summed E-state index contributed by atoms with van der Waals surface area (Å²) in [5.41, 5.74) is 1.15. The average Bonchev–Trinajstić information content (AvgIpc) is 3.21. The first kappa shape index (κ1) is 14.4. The summed E-state index contributed by atoms with van der Waals surface area (Å²) in [6, 6.07) is 13.0. The van der Waals surface area contributed by atoms with Crippen LogP contribution in [0.1, 0.15) is 23.8 Å². The normalized spacial score (nSPS) is 15.7. The molecule has 3 nitrogen and oxygen atoms in total. The molecule has 4 heteroatoms. The minimum Gasteiger partial charge on any atom is -0.491 e. The molecule has 0 bridgehead atoms. The lowest BCUT2D eigenvalue weighted by Gasteiger charge is -2.18. The Balaban J connectivity index is 1.61. The van der Waals surface area contributed by atoms with E-state index in [-0.39, 0.29) is 0 Å². The predicted octanol–water partition coefficient (Wildman–Crippen LogP) is 4.34. The van der Waals surface area contributed by atoms with Crippen molar-refractivity contribution in [1.29, 1.82) is 0 Å². The van der Waals surface area contributed by atoms with Crippen LogP contribution in [-0.4, -0.2) is 20.3 Å². The van der Waals surface area contributed by atoms with E-state index < -0.39 is 0 Å². The van der Waals surface area contributed by atoms with Gasteiger partial charge in [0.2, 0.25) is 0 Å². The van der Waals surface area contributed by atoms with Crippen LogP contribution in [0.3, 0.4) is 0 Å². The van der Waals surface area contributed by atoms with E-state index in [1.54, 1.807) is 7.11 Å². The van der Waals surface area contributed by atoms with E-state index in [1.165, 1.54) is 17.7 Å². The topological polar surface area (TPSA) is 30.5 Å². The van der Waals surface area contributed by atoms with Gasteiger partial charge >= 0.3 is 0 Å². The van der Waals surface area contributed by atoms with Gasteiger partial charge in [-0.05, 0) is 54.5 Å². The molecule has 1 aromatic carbocycles. The SMILES string of the molecule is COCCOc1ccc(NC(c2cccs2)C2CC2)cc1. The molecule has 1 N–H and O–H groups in total. The second-order valence-corrected chi connectivity index (χ2v) is 6.32. The van der Waals surface area contributed by atoms with Crippen molar-refractivity contribution in [2.75, 3.05) is 25.6 Å². The Morgan fingerprint density at radius 1 is 1.19 bits per heavy atom. The quantitative estimate of drug-likeness (QED) is 0.736. The molecule has 1 aliphatic rings. The molecule has 0 saturated heterocycles. The summed E-state index contributed by atoms with van der Waals surface area (Å²) in [6.07, 6.45) is 2.65. The average molecular weight is 303 g/mol. The van der Waals surface area contributed by atoms with Crippen molar-refractivity contribution in [3.8, 4) is 5.75 Å². The molecule has 1 aromatic heterocycles. The van der Waals surface area contributed by atoms with Crippen molar-refractivity contribution in [3.05, 3.63) is 46.7 Å². The highest BCUT2D eigenvalue weighted by Crippen LogP contribution is 2.44. The van der Waals surface area contributed by atoms with Crippen molar-refractivity contribution < 1.29 is 9.47 Å². The molecule has 0 aliphatic heterocycles. The predicted molar refractivity (Wildman–Crippen MR) is 87.2 cm³/mol. The van der Waals surface area contributed by atoms with Gasteiger partial charge < -0.3 is 14.8 Å². The van der Waals surface area contributed by atoms with Gasteiger partial charge in [-0.2, -0.15) is 0 Å². The molecule has 1 fully saturated rings. The van der Waals surface area contributed by atoms with Crippen molar-refractivity contribution in [2.45, 2.75) is 18.9 Å². The number of benzene rings is 1. The van der Waals surface area contributed by atoms with Crippen LogP contribution in [0.15, 0.2) is 41.8 Å². The molecule has 3 rings (SSSR count). The van der Waals surface area contributed by atoms with E-state index in [9.17, 15) is 0 Å². The van der Waals surface area contributed by atoms with Gasteiger partial charge in [-0.3, -0.25) is 0 Å². The van der Waals surface area contributed by atoms with Crippen LogP contribution in [0.4, 0.5) is 5.69 Å². The van der Waals surface area contributed by atoms with Crippen molar-refractivity contribution in [3.63, 3.8) is 0 Å². The fourth-order valence-electron chi connectivity index (χ4n) is 2.39. The van der Waals surface area contributed by atoms with Crippen LogP contribution in [-0.2, 0) is 4.74 Å².